The molecule has 0 saturated carbocycles. The van der Waals surface area contributed by atoms with Crippen molar-refractivity contribution in [2.45, 2.75) is 13.0 Å². The highest BCUT2D eigenvalue weighted by molar-refractivity contribution is 9.10. The van der Waals surface area contributed by atoms with Crippen molar-refractivity contribution in [2.75, 3.05) is 26.2 Å². The second kappa shape index (κ2) is 5.45. The lowest BCUT2D eigenvalue weighted by molar-refractivity contribution is -0.132. The van der Waals surface area contributed by atoms with Crippen molar-refractivity contribution in [3.05, 3.63) is 16.9 Å². The zero-order valence-corrected chi connectivity index (χ0v) is 10.6. The predicted octanol–water partition coefficient (Wildman–Crippen LogP) is 0.468. The highest BCUT2D eigenvalue weighted by atomic mass is 79.9. The van der Waals surface area contributed by atoms with Crippen molar-refractivity contribution >= 4 is 21.8 Å². The number of hydrogen-bond donors (Lipinski definition) is 1. The average Bonchev–Trinajstić information content (AvgIpc) is 2.73. The van der Waals surface area contributed by atoms with Gasteiger partial charge < -0.3 is 10.2 Å². The number of nitrogens with zero attached hydrogens (tertiary/aromatic N) is 3. The highest BCUT2D eigenvalue weighted by Crippen LogP contribution is 2.07. The van der Waals surface area contributed by atoms with Gasteiger partial charge in [-0.2, -0.15) is 5.10 Å². The van der Waals surface area contributed by atoms with Gasteiger partial charge in [0.1, 0.15) is 0 Å². The zero-order chi connectivity index (χ0) is 11.4. The van der Waals surface area contributed by atoms with E-state index in [-0.39, 0.29) is 5.91 Å². The Labute approximate surface area is 103 Å². The smallest absolute Gasteiger partial charge is 0.224 e. The van der Waals surface area contributed by atoms with Gasteiger partial charge in [0, 0.05) is 45.3 Å². The lowest BCUT2D eigenvalue weighted by atomic mass is 10.3. The van der Waals surface area contributed by atoms with Gasteiger partial charge in [-0.25, -0.2) is 0 Å². The Balaban J connectivity index is 1.78. The molecule has 0 bridgehead atoms. The minimum atomic E-state index is 0.216. The molecule has 2 rings (SSSR count). The number of carbonyl (C=O) groups is 1. The topological polar surface area (TPSA) is 50.2 Å². The molecule has 0 aliphatic carbocycles. The summed E-state index contributed by atoms with van der Waals surface area (Å²) in [4.78, 5) is 13.7. The van der Waals surface area contributed by atoms with E-state index in [9.17, 15) is 4.79 Å². The standard InChI is InChI=1S/C10H15BrN4O/c11-9-7-13-15(8-9)4-1-10(16)14-5-2-12-3-6-14/h7-8,12H,1-6H2. The van der Waals surface area contributed by atoms with Crippen molar-refractivity contribution in [3.8, 4) is 0 Å². The third-order valence-electron chi connectivity index (χ3n) is 2.63. The fraction of sp³-hybridized carbons (Fsp3) is 0.600. The molecule has 1 fully saturated rings. The molecule has 0 spiro atoms. The van der Waals surface area contributed by atoms with Crippen LogP contribution in [0.1, 0.15) is 6.42 Å². The molecule has 1 N–H and O–H groups in total. The highest BCUT2D eigenvalue weighted by Gasteiger charge is 2.15. The third-order valence-corrected chi connectivity index (χ3v) is 3.04. The van der Waals surface area contributed by atoms with Gasteiger partial charge in [-0.3, -0.25) is 9.48 Å². The summed E-state index contributed by atoms with van der Waals surface area (Å²) in [5.41, 5.74) is 0. The van der Waals surface area contributed by atoms with Crippen LogP contribution >= 0.6 is 15.9 Å². The lowest BCUT2D eigenvalue weighted by Crippen LogP contribution is -2.46. The van der Waals surface area contributed by atoms with Crippen LogP contribution in [-0.2, 0) is 11.3 Å². The summed E-state index contributed by atoms with van der Waals surface area (Å²) in [5, 5.41) is 7.35. The number of halogens is 1. The van der Waals surface area contributed by atoms with Crippen LogP contribution in [0.3, 0.4) is 0 Å². The van der Waals surface area contributed by atoms with Gasteiger partial charge in [0.2, 0.25) is 5.91 Å². The predicted molar refractivity (Wildman–Crippen MR) is 64.0 cm³/mol. The summed E-state index contributed by atoms with van der Waals surface area (Å²) in [6, 6.07) is 0. The molecule has 0 aromatic carbocycles. The fourth-order valence-electron chi connectivity index (χ4n) is 1.74. The second-order valence-electron chi connectivity index (χ2n) is 3.80. The number of carbonyl (C=O) groups excluding carboxylic acids is 1. The number of hydrogen-bond acceptors (Lipinski definition) is 3. The molecular weight excluding hydrogens is 272 g/mol. The quantitative estimate of drug-likeness (QED) is 0.879. The van der Waals surface area contributed by atoms with E-state index in [4.69, 9.17) is 0 Å². The Morgan fingerprint density at radius 1 is 1.50 bits per heavy atom. The van der Waals surface area contributed by atoms with Crippen molar-refractivity contribution < 1.29 is 4.79 Å². The van der Waals surface area contributed by atoms with E-state index in [0.29, 0.717) is 13.0 Å². The summed E-state index contributed by atoms with van der Waals surface area (Å²) in [7, 11) is 0. The van der Waals surface area contributed by atoms with Crippen molar-refractivity contribution in [2.24, 2.45) is 0 Å². The van der Waals surface area contributed by atoms with E-state index in [0.717, 1.165) is 30.7 Å². The largest absolute Gasteiger partial charge is 0.340 e. The Hall–Kier alpha value is -0.880. The molecule has 6 heteroatoms. The molecule has 1 saturated heterocycles. The van der Waals surface area contributed by atoms with E-state index in [2.05, 4.69) is 26.3 Å². The SMILES string of the molecule is O=C(CCn1cc(Br)cn1)N1CCNCC1. The minimum Gasteiger partial charge on any atom is -0.340 e. The van der Waals surface area contributed by atoms with Crippen LogP contribution in [0.5, 0.6) is 0 Å². The van der Waals surface area contributed by atoms with Crippen LogP contribution in [0, 0.1) is 0 Å². The van der Waals surface area contributed by atoms with Crippen LogP contribution < -0.4 is 5.32 Å². The summed E-state index contributed by atoms with van der Waals surface area (Å²) < 4.78 is 2.73. The van der Waals surface area contributed by atoms with Gasteiger partial charge in [-0.15, -0.1) is 0 Å². The molecule has 1 aliphatic rings. The average molecular weight is 287 g/mol. The van der Waals surface area contributed by atoms with Gasteiger partial charge in [0.15, 0.2) is 0 Å². The first kappa shape index (κ1) is 11.6. The van der Waals surface area contributed by atoms with E-state index < -0.39 is 0 Å². The van der Waals surface area contributed by atoms with Crippen LogP contribution in [-0.4, -0.2) is 46.8 Å². The molecule has 1 amide bonds. The van der Waals surface area contributed by atoms with E-state index in [1.807, 2.05) is 11.1 Å². The summed E-state index contributed by atoms with van der Waals surface area (Å²) in [5.74, 6) is 0.216. The van der Waals surface area contributed by atoms with Crippen molar-refractivity contribution in [1.82, 2.24) is 20.0 Å². The Morgan fingerprint density at radius 2 is 2.25 bits per heavy atom. The van der Waals surface area contributed by atoms with Crippen LogP contribution in [0.4, 0.5) is 0 Å². The maximum absolute atomic E-state index is 11.8. The number of aryl methyl sites for hydroxylation is 1. The molecule has 1 aromatic heterocycles. The van der Waals surface area contributed by atoms with Crippen molar-refractivity contribution in [3.63, 3.8) is 0 Å². The monoisotopic (exact) mass is 286 g/mol. The first-order chi connectivity index (χ1) is 7.75. The fourth-order valence-corrected chi connectivity index (χ4v) is 2.07. The molecule has 16 heavy (non-hydrogen) atoms. The molecular formula is C10H15BrN4O. The maximum Gasteiger partial charge on any atom is 0.224 e. The van der Waals surface area contributed by atoms with E-state index in [1.165, 1.54) is 0 Å². The molecule has 5 nitrogen and oxygen atoms in total. The molecule has 1 aliphatic heterocycles. The Kier molecular flexibility index (Phi) is 3.95. The van der Waals surface area contributed by atoms with Crippen LogP contribution in [0.25, 0.3) is 0 Å². The third kappa shape index (κ3) is 3.05. The molecule has 1 aromatic rings. The first-order valence-corrected chi connectivity index (χ1v) is 6.21. The number of nitrogens with one attached hydrogen (secondary N) is 1. The molecule has 0 unspecified atom stereocenters. The van der Waals surface area contributed by atoms with Gasteiger partial charge >= 0.3 is 0 Å². The summed E-state index contributed by atoms with van der Waals surface area (Å²) >= 11 is 3.33. The molecule has 88 valence electrons. The zero-order valence-electron chi connectivity index (χ0n) is 9.03. The van der Waals surface area contributed by atoms with E-state index >= 15 is 0 Å². The van der Waals surface area contributed by atoms with Gasteiger partial charge in [0.25, 0.3) is 0 Å². The number of amides is 1. The van der Waals surface area contributed by atoms with Gasteiger partial charge in [-0.1, -0.05) is 0 Å². The first-order valence-electron chi connectivity index (χ1n) is 5.42. The molecule has 2 heterocycles. The minimum absolute atomic E-state index is 0.216. The second-order valence-corrected chi connectivity index (χ2v) is 4.72. The summed E-state index contributed by atoms with van der Waals surface area (Å²) in [6.45, 7) is 4.09. The number of piperazine rings is 1. The number of aromatic nitrogens is 2. The van der Waals surface area contributed by atoms with Gasteiger partial charge in [0.05, 0.1) is 10.7 Å². The maximum atomic E-state index is 11.8. The Bertz CT molecular complexity index is 359. The van der Waals surface area contributed by atoms with Crippen LogP contribution in [0.2, 0.25) is 0 Å². The molecule has 0 radical (unpaired) electrons. The van der Waals surface area contributed by atoms with Crippen LogP contribution in [0.15, 0.2) is 16.9 Å². The normalized spacial score (nSPS) is 16.4. The van der Waals surface area contributed by atoms with E-state index in [1.54, 1.807) is 10.9 Å². The number of rotatable bonds is 3. The van der Waals surface area contributed by atoms with Crippen molar-refractivity contribution in [1.29, 1.82) is 0 Å². The summed E-state index contributed by atoms with van der Waals surface area (Å²) in [6.07, 6.45) is 4.13. The lowest BCUT2D eigenvalue weighted by Gasteiger charge is -2.27. The Morgan fingerprint density at radius 3 is 2.88 bits per heavy atom. The van der Waals surface area contributed by atoms with Gasteiger partial charge in [-0.05, 0) is 15.9 Å². The molecule has 0 atom stereocenters.